The van der Waals surface area contributed by atoms with Crippen LogP contribution in [0.2, 0.25) is 0 Å². The molecule has 1 heterocycles. The molecule has 0 amide bonds. The van der Waals surface area contributed by atoms with Gasteiger partial charge < -0.3 is 10.3 Å². The zero-order chi connectivity index (χ0) is 15.4. The lowest BCUT2D eigenvalue weighted by Gasteiger charge is -2.23. The highest BCUT2D eigenvalue weighted by Crippen LogP contribution is 2.21. The molecule has 0 aliphatic heterocycles. The molecule has 0 saturated carbocycles. The molecule has 2 unspecified atom stereocenters. The van der Waals surface area contributed by atoms with E-state index in [-0.39, 0.29) is 17.6 Å². The normalized spacial score (nSPS) is 13.9. The Morgan fingerprint density at radius 2 is 1.90 bits per heavy atom. The van der Waals surface area contributed by atoms with Crippen molar-refractivity contribution >= 4 is 0 Å². The molecule has 1 aromatic carbocycles. The number of rotatable bonds is 5. The van der Waals surface area contributed by atoms with Gasteiger partial charge in [-0.25, -0.2) is 4.98 Å². The first-order valence-electron chi connectivity index (χ1n) is 7.41. The van der Waals surface area contributed by atoms with Gasteiger partial charge in [0.05, 0.1) is 5.56 Å². The third kappa shape index (κ3) is 3.58. The molecule has 4 heteroatoms. The molecule has 1 aromatic heterocycles. The summed E-state index contributed by atoms with van der Waals surface area (Å²) in [6.45, 7) is 7.84. The second-order valence-corrected chi connectivity index (χ2v) is 5.41. The molecule has 2 N–H and O–H groups in total. The summed E-state index contributed by atoms with van der Waals surface area (Å²) in [6, 6.07) is 10.5. The topological polar surface area (TPSA) is 57.8 Å². The maximum absolute atomic E-state index is 12.2. The Kier molecular flexibility index (Phi) is 4.91. The fraction of sp³-hybridized carbons (Fsp3) is 0.412. The molecule has 4 nitrogen and oxygen atoms in total. The Bertz CT molecular complexity index is 649. The highest BCUT2D eigenvalue weighted by Gasteiger charge is 2.18. The second-order valence-electron chi connectivity index (χ2n) is 5.41. The molecule has 0 aliphatic rings. The summed E-state index contributed by atoms with van der Waals surface area (Å²) in [4.78, 5) is 19.3. The third-order valence-electron chi connectivity index (χ3n) is 3.76. The van der Waals surface area contributed by atoms with Gasteiger partial charge in [-0.2, -0.15) is 0 Å². The molecular weight excluding hydrogens is 262 g/mol. The van der Waals surface area contributed by atoms with Crippen LogP contribution in [0.1, 0.15) is 55.0 Å². The van der Waals surface area contributed by atoms with Gasteiger partial charge in [-0.05, 0) is 32.8 Å². The van der Waals surface area contributed by atoms with Crippen LogP contribution in [0, 0.1) is 13.8 Å². The number of nitrogens with one attached hydrogen (secondary N) is 2. The van der Waals surface area contributed by atoms with Crippen LogP contribution in [-0.4, -0.2) is 9.97 Å². The summed E-state index contributed by atoms with van der Waals surface area (Å²) >= 11 is 0. The van der Waals surface area contributed by atoms with Crippen molar-refractivity contribution in [1.29, 1.82) is 0 Å². The van der Waals surface area contributed by atoms with Crippen LogP contribution in [0.15, 0.2) is 35.1 Å². The first-order valence-corrected chi connectivity index (χ1v) is 7.41. The SMILES string of the molecule is CCC(NC(C)c1c(C)nc(C)[nH]c1=O)c1ccccc1. The van der Waals surface area contributed by atoms with Crippen LogP contribution in [0.5, 0.6) is 0 Å². The van der Waals surface area contributed by atoms with Crippen molar-refractivity contribution in [3.05, 3.63) is 63.3 Å². The van der Waals surface area contributed by atoms with Gasteiger partial charge in [0.25, 0.3) is 5.56 Å². The van der Waals surface area contributed by atoms with Crippen molar-refractivity contribution in [2.75, 3.05) is 0 Å². The predicted octanol–water partition coefficient (Wildman–Crippen LogP) is 3.19. The van der Waals surface area contributed by atoms with Crippen LogP contribution in [0.25, 0.3) is 0 Å². The molecule has 2 rings (SSSR count). The van der Waals surface area contributed by atoms with Gasteiger partial charge in [-0.15, -0.1) is 0 Å². The van der Waals surface area contributed by atoms with E-state index in [0.717, 1.165) is 17.7 Å². The van der Waals surface area contributed by atoms with Gasteiger partial charge in [0.15, 0.2) is 0 Å². The Hall–Kier alpha value is -1.94. The maximum Gasteiger partial charge on any atom is 0.255 e. The van der Waals surface area contributed by atoms with E-state index in [1.54, 1.807) is 6.92 Å². The molecule has 0 saturated heterocycles. The summed E-state index contributed by atoms with van der Waals surface area (Å²) in [7, 11) is 0. The number of aryl methyl sites for hydroxylation is 2. The minimum Gasteiger partial charge on any atom is -0.310 e. The minimum atomic E-state index is -0.0529. The van der Waals surface area contributed by atoms with Gasteiger partial charge in [0, 0.05) is 17.8 Å². The summed E-state index contributed by atoms with van der Waals surface area (Å²) in [5.41, 5.74) is 2.69. The van der Waals surface area contributed by atoms with Crippen LogP contribution >= 0.6 is 0 Å². The molecule has 2 atom stereocenters. The van der Waals surface area contributed by atoms with Crippen LogP contribution < -0.4 is 10.9 Å². The van der Waals surface area contributed by atoms with Crippen molar-refractivity contribution in [1.82, 2.24) is 15.3 Å². The maximum atomic E-state index is 12.2. The predicted molar refractivity (Wildman–Crippen MR) is 85.4 cm³/mol. The van der Waals surface area contributed by atoms with E-state index in [2.05, 4.69) is 34.3 Å². The molecule has 0 fully saturated rings. The zero-order valence-corrected chi connectivity index (χ0v) is 13.1. The van der Waals surface area contributed by atoms with Gasteiger partial charge in [0.1, 0.15) is 5.82 Å². The Morgan fingerprint density at radius 3 is 2.48 bits per heavy atom. The molecule has 0 bridgehead atoms. The number of nitrogens with zero attached hydrogens (tertiary/aromatic N) is 1. The lowest BCUT2D eigenvalue weighted by atomic mass is 10.0. The smallest absolute Gasteiger partial charge is 0.255 e. The van der Waals surface area contributed by atoms with Crippen molar-refractivity contribution in [3.8, 4) is 0 Å². The Labute approximate surface area is 125 Å². The minimum absolute atomic E-state index is 0.0491. The van der Waals surface area contributed by atoms with E-state index < -0.39 is 0 Å². The summed E-state index contributed by atoms with van der Waals surface area (Å²) in [5, 5.41) is 3.54. The van der Waals surface area contributed by atoms with Crippen LogP contribution in [0.4, 0.5) is 0 Å². The highest BCUT2D eigenvalue weighted by molar-refractivity contribution is 5.23. The molecule has 112 valence electrons. The van der Waals surface area contributed by atoms with E-state index in [1.807, 2.05) is 32.0 Å². The van der Waals surface area contributed by atoms with Crippen molar-refractivity contribution in [2.24, 2.45) is 0 Å². The Balaban J connectivity index is 2.25. The number of hydrogen-bond donors (Lipinski definition) is 2. The number of benzene rings is 1. The van der Waals surface area contributed by atoms with Gasteiger partial charge in [0.2, 0.25) is 0 Å². The lowest BCUT2D eigenvalue weighted by molar-refractivity contribution is 0.451. The number of aromatic amines is 1. The molecule has 0 radical (unpaired) electrons. The zero-order valence-electron chi connectivity index (χ0n) is 13.1. The first-order chi connectivity index (χ1) is 10.0. The monoisotopic (exact) mass is 285 g/mol. The number of hydrogen-bond acceptors (Lipinski definition) is 3. The average Bonchev–Trinajstić information content (AvgIpc) is 2.44. The van der Waals surface area contributed by atoms with Gasteiger partial charge in [-0.3, -0.25) is 4.79 Å². The van der Waals surface area contributed by atoms with Crippen LogP contribution in [0.3, 0.4) is 0 Å². The molecular formula is C17H23N3O. The van der Waals surface area contributed by atoms with E-state index >= 15 is 0 Å². The summed E-state index contributed by atoms with van der Waals surface area (Å²) in [6.07, 6.45) is 0.963. The summed E-state index contributed by atoms with van der Waals surface area (Å²) < 4.78 is 0. The van der Waals surface area contributed by atoms with E-state index in [1.165, 1.54) is 5.56 Å². The van der Waals surface area contributed by atoms with Crippen LogP contribution in [-0.2, 0) is 0 Å². The molecule has 21 heavy (non-hydrogen) atoms. The molecule has 2 aromatic rings. The van der Waals surface area contributed by atoms with E-state index in [9.17, 15) is 4.79 Å². The second kappa shape index (κ2) is 6.68. The molecule has 0 aliphatic carbocycles. The highest BCUT2D eigenvalue weighted by atomic mass is 16.1. The quantitative estimate of drug-likeness (QED) is 0.887. The van der Waals surface area contributed by atoms with Crippen molar-refractivity contribution in [3.63, 3.8) is 0 Å². The first kappa shape index (κ1) is 15.4. The largest absolute Gasteiger partial charge is 0.310 e. The van der Waals surface area contributed by atoms with Crippen molar-refractivity contribution < 1.29 is 0 Å². The standard InChI is InChI=1S/C17H23N3O/c1-5-15(14-9-7-6-8-10-14)19-12(3)16-11(2)18-13(4)20-17(16)21/h6-10,12,15,19H,5H2,1-4H3,(H,18,20,21). The van der Waals surface area contributed by atoms with Gasteiger partial charge in [-0.1, -0.05) is 37.3 Å². The lowest BCUT2D eigenvalue weighted by Crippen LogP contribution is -2.30. The number of aromatic nitrogens is 2. The number of H-pyrrole nitrogens is 1. The Morgan fingerprint density at radius 1 is 1.24 bits per heavy atom. The third-order valence-corrected chi connectivity index (χ3v) is 3.76. The average molecular weight is 285 g/mol. The summed E-state index contributed by atoms with van der Waals surface area (Å²) in [5.74, 6) is 0.656. The van der Waals surface area contributed by atoms with E-state index in [4.69, 9.17) is 0 Å². The van der Waals surface area contributed by atoms with Crippen molar-refractivity contribution in [2.45, 2.75) is 46.2 Å². The van der Waals surface area contributed by atoms with Gasteiger partial charge >= 0.3 is 0 Å². The fourth-order valence-corrected chi connectivity index (χ4v) is 2.77. The van der Waals surface area contributed by atoms with E-state index in [0.29, 0.717) is 5.82 Å². The fourth-order valence-electron chi connectivity index (χ4n) is 2.77. The molecule has 0 spiro atoms.